The number of benzene rings is 2. The van der Waals surface area contributed by atoms with E-state index in [4.69, 9.17) is 4.74 Å². The van der Waals surface area contributed by atoms with Crippen LogP contribution in [0.3, 0.4) is 0 Å². The molecule has 1 fully saturated rings. The lowest BCUT2D eigenvalue weighted by Gasteiger charge is -2.32. The van der Waals surface area contributed by atoms with Crippen molar-refractivity contribution < 1.29 is 19.1 Å². The van der Waals surface area contributed by atoms with Gasteiger partial charge in [0.2, 0.25) is 0 Å². The van der Waals surface area contributed by atoms with Crippen LogP contribution in [0.5, 0.6) is 0 Å². The molecule has 1 aliphatic heterocycles. The highest BCUT2D eigenvalue weighted by Crippen LogP contribution is 2.34. The standard InChI is InChI=1S/C21H21N3O4/c1-3-28-20(27)21(2)14-17(19(26)24(21)16-12-8-5-9-13-16)22-23-18(25)15-10-6-4-7-11-15/h4-13H,3,14H2,1-2H3,(H,23,25)/b22-17-/t21-/m0/s1. The molecule has 0 radical (unpaired) electrons. The Balaban J connectivity index is 1.91. The molecule has 144 valence electrons. The van der Waals surface area contributed by atoms with Gasteiger partial charge in [-0.25, -0.2) is 10.2 Å². The summed E-state index contributed by atoms with van der Waals surface area (Å²) in [6.07, 6.45) is 0.0225. The largest absolute Gasteiger partial charge is 0.464 e. The summed E-state index contributed by atoms with van der Waals surface area (Å²) in [4.78, 5) is 39.3. The average molecular weight is 379 g/mol. The Hall–Kier alpha value is -3.48. The number of hydrogen-bond acceptors (Lipinski definition) is 5. The maximum Gasteiger partial charge on any atom is 0.332 e. The topological polar surface area (TPSA) is 88.1 Å². The smallest absolute Gasteiger partial charge is 0.332 e. The van der Waals surface area contributed by atoms with Gasteiger partial charge < -0.3 is 4.74 Å². The molecule has 1 saturated heterocycles. The number of amides is 2. The van der Waals surface area contributed by atoms with E-state index in [-0.39, 0.29) is 18.7 Å². The van der Waals surface area contributed by atoms with E-state index in [1.807, 2.05) is 6.07 Å². The highest BCUT2D eigenvalue weighted by Gasteiger charge is 2.53. The molecule has 2 amide bonds. The van der Waals surface area contributed by atoms with Gasteiger partial charge in [-0.1, -0.05) is 36.4 Å². The van der Waals surface area contributed by atoms with Gasteiger partial charge in [0.15, 0.2) is 0 Å². The second-order valence-corrected chi connectivity index (χ2v) is 6.51. The summed E-state index contributed by atoms with van der Waals surface area (Å²) in [6.45, 7) is 3.54. The molecule has 7 heteroatoms. The first-order chi connectivity index (χ1) is 13.5. The van der Waals surface area contributed by atoms with E-state index in [1.54, 1.807) is 68.4 Å². The first kappa shape index (κ1) is 19.3. The van der Waals surface area contributed by atoms with Crippen molar-refractivity contribution in [1.82, 2.24) is 5.43 Å². The first-order valence-electron chi connectivity index (χ1n) is 8.96. The van der Waals surface area contributed by atoms with Crippen molar-refractivity contribution in [2.45, 2.75) is 25.8 Å². The maximum atomic E-state index is 13.0. The van der Waals surface area contributed by atoms with Crippen LogP contribution in [-0.4, -0.2) is 35.6 Å². The molecule has 1 aliphatic rings. The third kappa shape index (κ3) is 3.64. The zero-order valence-corrected chi connectivity index (χ0v) is 15.7. The van der Waals surface area contributed by atoms with Crippen LogP contribution in [0, 0.1) is 0 Å². The molecular formula is C21H21N3O4. The molecule has 2 aromatic rings. The Morgan fingerprint density at radius 2 is 1.71 bits per heavy atom. The Morgan fingerprint density at radius 3 is 2.32 bits per heavy atom. The van der Waals surface area contributed by atoms with Gasteiger partial charge in [-0.2, -0.15) is 5.10 Å². The number of hydrazone groups is 1. The second-order valence-electron chi connectivity index (χ2n) is 6.51. The van der Waals surface area contributed by atoms with E-state index in [1.165, 1.54) is 4.90 Å². The maximum absolute atomic E-state index is 13.0. The third-order valence-electron chi connectivity index (χ3n) is 4.51. The Labute approximate surface area is 163 Å². The Kier molecular flexibility index (Phi) is 5.54. The minimum Gasteiger partial charge on any atom is -0.464 e. The van der Waals surface area contributed by atoms with E-state index >= 15 is 0 Å². The number of rotatable bonds is 5. The summed E-state index contributed by atoms with van der Waals surface area (Å²) < 4.78 is 5.20. The van der Waals surface area contributed by atoms with Crippen LogP contribution in [0.4, 0.5) is 5.69 Å². The van der Waals surface area contributed by atoms with Gasteiger partial charge in [0.1, 0.15) is 11.3 Å². The molecule has 0 bridgehead atoms. The first-order valence-corrected chi connectivity index (χ1v) is 8.96. The molecule has 0 spiro atoms. The third-order valence-corrected chi connectivity index (χ3v) is 4.51. The quantitative estimate of drug-likeness (QED) is 0.639. The fourth-order valence-electron chi connectivity index (χ4n) is 3.12. The lowest BCUT2D eigenvalue weighted by atomic mass is 9.98. The van der Waals surface area contributed by atoms with Crippen molar-refractivity contribution in [3.63, 3.8) is 0 Å². The molecule has 0 unspecified atom stereocenters. The number of carbonyl (C=O) groups excluding carboxylic acids is 3. The fourth-order valence-corrected chi connectivity index (χ4v) is 3.12. The molecule has 0 aromatic heterocycles. The normalized spacial score (nSPS) is 20.3. The van der Waals surface area contributed by atoms with Crippen molar-refractivity contribution in [1.29, 1.82) is 0 Å². The van der Waals surface area contributed by atoms with E-state index in [0.29, 0.717) is 11.3 Å². The van der Waals surface area contributed by atoms with Crippen LogP contribution in [-0.2, 0) is 14.3 Å². The summed E-state index contributed by atoms with van der Waals surface area (Å²) in [7, 11) is 0. The number of para-hydroxylation sites is 1. The molecule has 1 N–H and O–H groups in total. The highest BCUT2D eigenvalue weighted by atomic mass is 16.5. The van der Waals surface area contributed by atoms with Gasteiger partial charge >= 0.3 is 5.97 Å². The Morgan fingerprint density at radius 1 is 1.11 bits per heavy atom. The number of nitrogens with one attached hydrogen (secondary N) is 1. The minimum atomic E-state index is -1.25. The lowest BCUT2D eigenvalue weighted by Crippen LogP contribution is -2.50. The summed E-state index contributed by atoms with van der Waals surface area (Å²) in [5, 5.41) is 4.01. The Bertz CT molecular complexity index is 912. The number of nitrogens with zero attached hydrogens (tertiary/aromatic N) is 2. The van der Waals surface area contributed by atoms with Crippen molar-refractivity contribution in [2.24, 2.45) is 5.10 Å². The van der Waals surface area contributed by atoms with Crippen LogP contribution >= 0.6 is 0 Å². The van der Waals surface area contributed by atoms with E-state index < -0.39 is 23.3 Å². The van der Waals surface area contributed by atoms with Gasteiger partial charge in [0, 0.05) is 17.7 Å². The lowest BCUT2D eigenvalue weighted by molar-refractivity contribution is -0.149. The summed E-state index contributed by atoms with van der Waals surface area (Å²) in [5.74, 6) is -1.40. The van der Waals surface area contributed by atoms with Crippen molar-refractivity contribution in [3.8, 4) is 0 Å². The number of esters is 1. The van der Waals surface area contributed by atoms with E-state index in [2.05, 4.69) is 10.5 Å². The second kappa shape index (κ2) is 8.04. The van der Waals surface area contributed by atoms with Crippen molar-refractivity contribution >= 4 is 29.2 Å². The van der Waals surface area contributed by atoms with Crippen LogP contribution < -0.4 is 10.3 Å². The van der Waals surface area contributed by atoms with Crippen LogP contribution in [0.25, 0.3) is 0 Å². The average Bonchev–Trinajstić information content (AvgIpc) is 2.98. The fraction of sp³-hybridized carbons (Fsp3) is 0.238. The molecular weight excluding hydrogens is 358 g/mol. The van der Waals surface area contributed by atoms with E-state index in [0.717, 1.165) is 0 Å². The molecule has 1 atom stereocenters. The van der Waals surface area contributed by atoms with Crippen LogP contribution in [0.2, 0.25) is 0 Å². The van der Waals surface area contributed by atoms with Gasteiger partial charge in [-0.15, -0.1) is 0 Å². The molecule has 7 nitrogen and oxygen atoms in total. The SMILES string of the molecule is CCOC(=O)[C@]1(C)C/C(=N/NC(=O)c2ccccc2)C(=O)N1c1ccccc1. The van der Waals surface area contributed by atoms with Crippen LogP contribution in [0.15, 0.2) is 65.8 Å². The van der Waals surface area contributed by atoms with Crippen molar-refractivity contribution in [2.75, 3.05) is 11.5 Å². The van der Waals surface area contributed by atoms with Crippen LogP contribution in [0.1, 0.15) is 30.6 Å². The number of carbonyl (C=O) groups is 3. The molecule has 0 saturated carbocycles. The molecule has 2 aromatic carbocycles. The summed E-state index contributed by atoms with van der Waals surface area (Å²) in [5.41, 5.74) is 2.22. The van der Waals surface area contributed by atoms with Gasteiger partial charge in [0.25, 0.3) is 11.8 Å². The zero-order valence-electron chi connectivity index (χ0n) is 15.7. The molecule has 1 heterocycles. The predicted molar refractivity (Wildman–Crippen MR) is 105 cm³/mol. The monoisotopic (exact) mass is 379 g/mol. The number of anilines is 1. The number of ether oxygens (including phenoxy) is 1. The summed E-state index contributed by atoms with van der Waals surface area (Å²) in [6, 6.07) is 17.4. The van der Waals surface area contributed by atoms with Gasteiger partial charge in [-0.05, 0) is 38.1 Å². The highest BCUT2D eigenvalue weighted by molar-refractivity contribution is 6.48. The van der Waals surface area contributed by atoms with E-state index in [9.17, 15) is 14.4 Å². The molecule has 28 heavy (non-hydrogen) atoms. The van der Waals surface area contributed by atoms with Crippen molar-refractivity contribution in [3.05, 3.63) is 66.2 Å². The minimum absolute atomic E-state index is 0.0225. The van der Waals surface area contributed by atoms with Gasteiger partial charge in [-0.3, -0.25) is 14.5 Å². The molecule has 0 aliphatic carbocycles. The number of hydrogen-bond donors (Lipinski definition) is 1. The zero-order chi connectivity index (χ0) is 20.1. The predicted octanol–water partition coefficient (Wildman–Crippen LogP) is 2.53. The summed E-state index contributed by atoms with van der Waals surface area (Å²) >= 11 is 0. The molecule has 3 rings (SSSR count). The van der Waals surface area contributed by atoms with Gasteiger partial charge in [0.05, 0.1) is 6.61 Å².